The standard InChI is InChI=1S/C16H22N2OS/c1-13(2)19-10-6-9-17-11-15-12-20-16(18-15)14-7-4-3-5-8-14/h3-5,7-8,12-13,17H,6,9-11H2,1-2H3/p+1. The van der Waals surface area contributed by atoms with Crippen LogP contribution in [0.3, 0.4) is 0 Å². The van der Waals surface area contributed by atoms with E-state index in [1.54, 1.807) is 11.3 Å². The van der Waals surface area contributed by atoms with Crippen LogP contribution in [0.1, 0.15) is 26.0 Å². The Morgan fingerprint density at radius 2 is 2.05 bits per heavy atom. The molecule has 0 amide bonds. The van der Waals surface area contributed by atoms with Crippen LogP contribution < -0.4 is 5.32 Å². The van der Waals surface area contributed by atoms with Crippen molar-refractivity contribution in [2.75, 3.05) is 13.2 Å². The van der Waals surface area contributed by atoms with E-state index in [1.807, 2.05) is 6.07 Å². The van der Waals surface area contributed by atoms with E-state index in [0.717, 1.165) is 31.1 Å². The van der Waals surface area contributed by atoms with Crippen LogP contribution in [-0.2, 0) is 11.3 Å². The van der Waals surface area contributed by atoms with Gasteiger partial charge in [0.1, 0.15) is 17.2 Å². The fourth-order valence-corrected chi connectivity index (χ4v) is 2.75. The van der Waals surface area contributed by atoms with Gasteiger partial charge in [-0.1, -0.05) is 30.3 Å². The number of rotatable bonds is 8. The number of hydrogen-bond acceptors (Lipinski definition) is 3. The molecule has 0 radical (unpaired) electrons. The monoisotopic (exact) mass is 291 g/mol. The zero-order valence-electron chi connectivity index (χ0n) is 12.2. The van der Waals surface area contributed by atoms with E-state index < -0.39 is 0 Å². The fourth-order valence-electron chi connectivity index (χ4n) is 1.91. The van der Waals surface area contributed by atoms with Gasteiger partial charge in [0.2, 0.25) is 0 Å². The number of ether oxygens (including phenoxy) is 1. The maximum Gasteiger partial charge on any atom is 0.123 e. The number of benzene rings is 1. The van der Waals surface area contributed by atoms with E-state index in [2.05, 4.69) is 53.8 Å². The molecule has 20 heavy (non-hydrogen) atoms. The van der Waals surface area contributed by atoms with Crippen LogP contribution >= 0.6 is 11.3 Å². The lowest BCUT2D eigenvalue weighted by molar-refractivity contribution is -0.671. The van der Waals surface area contributed by atoms with E-state index in [-0.39, 0.29) is 0 Å². The highest BCUT2D eigenvalue weighted by Gasteiger charge is 2.05. The lowest BCUT2D eigenvalue weighted by Crippen LogP contribution is -2.82. The highest BCUT2D eigenvalue weighted by atomic mass is 32.1. The first kappa shape index (κ1) is 15.2. The molecule has 108 valence electrons. The van der Waals surface area contributed by atoms with Crippen LogP contribution in [0.15, 0.2) is 35.7 Å². The first-order valence-electron chi connectivity index (χ1n) is 7.19. The molecule has 1 heterocycles. The molecule has 0 atom stereocenters. The van der Waals surface area contributed by atoms with Crippen LogP contribution in [-0.4, -0.2) is 24.2 Å². The van der Waals surface area contributed by atoms with Crippen molar-refractivity contribution in [3.63, 3.8) is 0 Å². The average Bonchev–Trinajstić information content (AvgIpc) is 2.92. The molecule has 2 N–H and O–H groups in total. The Labute approximate surface area is 125 Å². The molecule has 4 heteroatoms. The van der Waals surface area contributed by atoms with Gasteiger partial charge in [-0.15, -0.1) is 11.3 Å². The van der Waals surface area contributed by atoms with Gasteiger partial charge < -0.3 is 10.1 Å². The molecule has 2 rings (SSSR count). The summed E-state index contributed by atoms with van der Waals surface area (Å²) in [6.45, 7) is 7.03. The summed E-state index contributed by atoms with van der Waals surface area (Å²) >= 11 is 1.72. The Kier molecular flexibility index (Phi) is 6.18. The fraction of sp³-hybridized carbons (Fsp3) is 0.438. The third-order valence-electron chi connectivity index (χ3n) is 2.93. The minimum Gasteiger partial charge on any atom is -0.379 e. The Hall–Kier alpha value is -1.23. The van der Waals surface area contributed by atoms with Crippen LogP contribution in [0.5, 0.6) is 0 Å². The minimum absolute atomic E-state index is 0.335. The highest BCUT2D eigenvalue weighted by molar-refractivity contribution is 7.13. The Morgan fingerprint density at radius 3 is 2.80 bits per heavy atom. The summed E-state index contributed by atoms with van der Waals surface area (Å²) in [4.78, 5) is 4.68. The van der Waals surface area contributed by atoms with E-state index in [4.69, 9.17) is 4.74 Å². The third kappa shape index (κ3) is 5.04. The average molecular weight is 291 g/mol. The number of quaternary nitrogens is 1. The van der Waals surface area contributed by atoms with Crippen molar-refractivity contribution in [1.29, 1.82) is 0 Å². The third-order valence-corrected chi connectivity index (χ3v) is 3.87. The molecule has 0 unspecified atom stereocenters. The van der Waals surface area contributed by atoms with Crippen molar-refractivity contribution in [1.82, 2.24) is 4.98 Å². The quantitative estimate of drug-likeness (QED) is 0.760. The van der Waals surface area contributed by atoms with Crippen molar-refractivity contribution in [2.24, 2.45) is 0 Å². The van der Waals surface area contributed by atoms with Crippen LogP contribution in [0.25, 0.3) is 10.6 Å². The molecular weight excluding hydrogens is 268 g/mol. The number of aromatic nitrogens is 1. The molecule has 1 aromatic carbocycles. The maximum absolute atomic E-state index is 5.52. The lowest BCUT2D eigenvalue weighted by atomic mass is 10.2. The number of nitrogens with zero attached hydrogens (tertiary/aromatic N) is 1. The van der Waals surface area contributed by atoms with Crippen LogP contribution in [0.4, 0.5) is 0 Å². The van der Waals surface area contributed by atoms with Crippen molar-refractivity contribution >= 4 is 11.3 Å². The first-order valence-corrected chi connectivity index (χ1v) is 8.07. The van der Waals surface area contributed by atoms with Crippen molar-refractivity contribution < 1.29 is 10.1 Å². The van der Waals surface area contributed by atoms with Gasteiger partial charge in [0, 0.05) is 17.4 Å². The van der Waals surface area contributed by atoms with Crippen LogP contribution in [0.2, 0.25) is 0 Å². The Morgan fingerprint density at radius 1 is 1.25 bits per heavy atom. The van der Waals surface area contributed by atoms with Gasteiger partial charge in [0.15, 0.2) is 0 Å². The molecular formula is C16H23N2OS+. The van der Waals surface area contributed by atoms with E-state index >= 15 is 0 Å². The van der Waals surface area contributed by atoms with Gasteiger partial charge in [-0.2, -0.15) is 0 Å². The van der Waals surface area contributed by atoms with Gasteiger partial charge in [-0.05, 0) is 13.8 Å². The molecule has 0 fully saturated rings. The number of nitrogens with two attached hydrogens (primary N) is 1. The van der Waals surface area contributed by atoms with Crippen LogP contribution in [0, 0.1) is 0 Å². The first-order chi connectivity index (χ1) is 9.75. The minimum atomic E-state index is 0.335. The summed E-state index contributed by atoms with van der Waals surface area (Å²) in [6, 6.07) is 10.4. The van der Waals surface area contributed by atoms with Gasteiger partial charge in [0.05, 0.1) is 19.3 Å². The summed E-state index contributed by atoms with van der Waals surface area (Å²) in [5.41, 5.74) is 2.37. The zero-order valence-corrected chi connectivity index (χ0v) is 13.0. The summed E-state index contributed by atoms with van der Waals surface area (Å²) in [7, 11) is 0. The molecule has 1 aromatic heterocycles. The summed E-state index contributed by atoms with van der Waals surface area (Å²) < 4.78 is 5.52. The van der Waals surface area contributed by atoms with Gasteiger partial charge >= 0.3 is 0 Å². The second kappa shape index (κ2) is 8.15. The maximum atomic E-state index is 5.52. The summed E-state index contributed by atoms with van der Waals surface area (Å²) in [6.07, 6.45) is 1.43. The highest BCUT2D eigenvalue weighted by Crippen LogP contribution is 2.22. The second-order valence-corrected chi connectivity index (χ2v) is 5.92. The molecule has 0 aliphatic heterocycles. The lowest BCUT2D eigenvalue weighted by Gasteiger charge is -2.06. The Bertz CT molecular complexity index is 496. The predicted octanol–water partition coefficient (Wildman–Crippen LogP) is 2.69. The van der Waals surface area contributed by atoms with E-state index in [9.17, 15) is 0 Å². The van der Waals surface area contributed by atoms with Gasteiger partial charge in [-0.25, -0.2) is 4.98 Å². The van der Waals surface area contributed by atoms with Crippen molar-refractivity contribution in [3.05, 3.63) is 41.4 Å². The number of hydrogen-bond donors (Lipinski definition) is 1. The molecule has 0 bridgehead atoms. The number of thiazole rings is 1. The molecule has 2 aromatic rings. The SMILES string of the molecule is CC(C)OCCC[NH2+]Cc1csc(-c2ccccc2)n1. The van der Waals surface area contributed by atoms with E-state index in [0.29, 0.717) is 6.10 Å². The molecule has 0 aliphatic rings. The summed E-state index contributed by atoms with van der Waals surface area (Å²) in [5.74, 6) is 0. The molecule has 0 aliphatic carbocycles. The van der Waals surface area contributed by atoms with Gasteiger partial charge in [-0.3, -0.25) is 0 Å². The molecule has 0 saturated heterocycles. The molecule has 3 nitrogen and oxygen atoms in total. The van der Waals surface area contributed by atoms with E-state index in [1.165, 1.54) is 11.3 Å². The Balaban J connectivity index is 1.71. The predicted molar refractivity (Wildman–Crippen MR) is 83.8 cm³/mol. The largest absolute Gasteiger partial charge is 0.379 e. The van der Waals surface area contributed by atoms with Gasteiger partial charge in [0.25, 0.3) is 0 Å². The molecule has 0 saturated carbocycles. The summed E-state index contributed by atoms with van der Waals surface area (Å²) in [5, 5.41) is 5.56. The van der Waals surface area contributed by atoms with Crippen molar-refractivity contribution in [2.45, 2.75) is 32.9 Å². The normalized spacial score (nSPS) is 11.2. The van der Waals surface area contributed by atoms with Crippen molar-refractivity contribution in [3.8, 4) is 10.6 Å². The second-order valence-electron chi connectivity index (χ2n) is 5.06. The smallest absolute Gasteiger partial charge is 0.123 e. The molecule has 0 spiro atoms. The topological polar surface area (TPSA) is 38.7 Å². The zero-order chi connectivity index (χ0) is 14.2.